The van der Waals surface area contributed by atoms with Crippen LogP contribution in [-0.4, -0.2) is 37.0 Å². The first-order valence-corrected chi connectivity index (χ1v) is 7.37. The number of rotatable bonds is 5. The van der Waals surface area contributed by atoms with Crippen LogP contribution in [0.3, 0.4) is 0 Å². The van der Waals surface area contributed by atoms with Gasteiger partial charge in [-0.05, 0) is 45.3 Å². The van der Waals surface area contributed by atoms with Gasteiger partial charge in [-0.2, -0.15) is 0 Å². The van der Waals surface area contributed by atoms with Crippen LogP contribution in [0.2, 0.25) is 0 Å². The number of aryl methyl sites for hydroxylation is 1. The number of benzene rings is 1. The van der Waals surface area contributed by atoms with Crippen molar-refractivity contribution < 1.29 is 9.53 Å². The Labute approximate surface area is 128 Å². The summed E-state index contributed by atoms with van der Waals surface area (Å²) in [5, 5.41) is 3.82. The van der Waals surface area contributed by atoms with Gasteiger partial charge in [-0.15, -0.1) is 11.3 Å². The number of thiazole rings is 1. The summed E-state index contributed by atoms with van der Waals surface area (Å²) in [5.74, 6) is 0.635. The van der Waals surface area contributed by atoms with Crippen molar-refractivity contribution in [1.29, 1.82) is 0 Å². The third-order valence-electron chi connectivity index (χ3n) is 2.85. The van der Waals surface area contributed by atoms with Crippen LogP contribution in [0.15, 0.2) is 24.3 Å². The molecule has 1 amide bonds. The van der Waals surface area contributed by atoms with Crippen molar-refractivity contribution >= 4 is 22.9 Å². The minimum absolute atomic E-state index is 0.125. The van der Waals surface area contributed by atoms with E-state index in [1.165, 1.54) is 11.3 Å². The minimum atomic E-state index is -0.125. The summed E-state index contributed by atoms with van der Waals surface area (Å²) >= 11 is 1.43. The van der Waals surface area contributed by atoms with Crippen molar-refractivity contribution in [3.63, 3.8) is 0 Å². The smallest absolute Gasteiger partial charge is 0.267 e. The summed E-state index contributed by atoms with van der Waals surface area (Å²) in [4.78, 5) is 19.4. The molecule has 0 aliphatic heterocycles. The lowest BCUT2D eigenvalue weighted by Gasteiger charge is -2.05. The molecule has 0 aliphatic rings. The molecule has 0 fully saturated rings. The Morgan fingerprint density at radius 2 is 2.00 bits per heavy atom. The van der Waals surface area contributed by atoms with Crippen LogP contribution >= 0.6 is 11.3 Å². The van der Waals surface area contributed by atoms with E-state index in [1.807, 2.05) is 50.2 Å². The molecule has 0 saturated heterocycles. The second kappa shape index (κ2) is 6.69. The normalized spacial score (nSPS) is 10.7. The zero-order chi connectivity index (χ0) is 15.4. The predicted octanol–water partition coefficient (Wildman–Crippen LogP) is 2.77. The lowest BCUT2D eigenvalue weighted by Crippen LogP contribution is -2.11. The minimum Gasteiger partial charge on any atom is -0.497 e. The molecule has 1 aromatic heterocycles. The van der Waals surface area contributed by atoms with E-state index in [4.69, 9.17) is 4.74 Å². The highest BCUT2D eigenvalue weighted by Gasteiger charge is 2.15. The molecule has 1 N–H and O–H groups in total. The Morgan fingerprint density at radius 1 is 1.33 bits per heavy atom. The summed E-state index contributed by atoms with van der Waals surface area (Å²) in [6.07, 6.45) is 0. The molecule has 0 bridgehead atoms. The maximum atomic E-state index is 12.3. The first kappa shape index (κ1) is 15.5. The molecule has 1 aromatic carbocycles. The fourth-order valence-corrected chi connectivity index (χ4v) is 2.94. The molecular formula is C15H19N3O2S. The van der Waals surface area contributed by atoms with Crippen LogP contribution < -0.4 is 10.1 Å². The van der Waals surface area contributed by atoms with E-state index in [1.54, 1.807) is 7.11 Å². The monoisotopic (exact) mass is 305 g/mol. The fraction of sp³-hybridized carbons (Fsp3) is 0.333. The highest BCUT2D eigenvalue weighted by Crippen LogP contribution is 2.21. The highest BCUT2D eigenvalue weighted by atomic mass is 32.1. The highest BCUT2D eigenvalue weighted by molar-refractivity contribution is 7.13. The SMILES string of the molecule is COc1ccc(NC(=O)c2sc(CN(C)C)nc2C)cc1. The molecule has 0 saturated carbocycles. The lowest BCUT2D eigenvalue weighted by molar-refractivity contribution is 0.103. The summed E-state index contributed by atoms with van der Waals surface area (Å²) < 4.78 is 5.09. The van der Waals surface area contributed by atoms with Gasteiger partial charge in [0.2, 0.25) is 0 Å². The second-order valence-corrected chi connectivity index (χ2v) is 6.03. The van der Waals surface area contributed by atoms with E-state index < -0.39 is 0 Å². The van der Waals surface area contributed by atoms with E-state index in [0.717, 1.165) is 28.7 Å². The van der Waals surface area contributed by atoms with E-state index in [0.29, 0.717) is 4.88 Å². The average Bonchev–Trinajstić information content (AvgIpc) is 2.79. The quantitative estimate of drug-likeness (QED) is 0.923. The number of ether oxygens (including phenoxy) is 1. The van der Waals surface area contributed by atoms with Gasteiger partial charge in [0.25, 0.3) is 5.91 Å². The number of nitrogens with zero attached hydrogens (tertiary/aromatic N) is 2. The molecule has 0 aliphatic carbocycles. The molecule has 112 valence electrons. The number of methoxy groups -OCH3 is 1. The molecule has 21 heavy (non-hydrogen) atoms. The van der Waals surface area contributed by atoms with Gasteiger partial charge in [0.15, 0.2) is 0 Å². The topological polar surface area (TPSA) is 54.5 Å². The number of carbonyl (C=O) groups excluding carboxylic acids is 1. The molecule has 6 heteroatoms. The van der Waals surface area contributed by atoms with Crippen LogP contribution in [0.4, 0.5) is 5.69 Å². The van der Waals surface area contributed by atoms with Crippen LogP contribution in [0.5, 0.6) is 5.75 Å². The van der Waals surface area contributed by atoms with Crippen molar-refractivity contribution in [2.45, 2.75) is 13.5 Å². The first-order chi connectivity index (χ1) is 9.99. The van der Waals surface area contributed by atoms with E-state index in [-0.39, 0.29) is 5.91 Å². The van der Waals surface area contributed by atoms with Gasteiger partial charge in [-0.3, -0.25) is 4.79 Å². The summed E-state index contributed by atoms with van der Waals surface area (Å²) in [6.45, 7) is 2.60. The van der Waals surface area contributed by atoms with E-state index in [9.17, 15) is 4.79 Å². The average molecular weight is 305 g/mol. The Hall–Kier alpha value is -1.92. The number of carbonyl (C=O) groups is 1. The third-order valence-corrected chi connectivity index (χ3v) is 3.99. The maximum absolute atomic E-state index is 12.3. The Morgan fingerprint density at radius 3 is 2.57 bits per heavy atom. The van der Waals surface area contributed by atoms with Gasteiger partial charge in [-0.1, -0.05) is 0 Å². The summed E-state index contributed by atoms with van der Waals surface area (Å²) in [5.41, 5.74) is 1.51. The predicted molar refractivity (Wildman–Crippen MR) is 85.2 cm³/mol. The third kappa shape index (κ3) is 4.03. The Balaban J connectivity index is 2.10. The first-order valence-electron chi connectivity index (χ1n) is 6.56. The van der Waals surface area contributed by atoms with Crippen LogP contribution in [0, 0.1) is 6.92 Å². The van der Waals surface area contributed by atoms with Crippen molar-refractivity contribution in [1.82, 2.24) is 9.88 Å². The zero-order valence-electron chi connectivity index (χ0n) is 12.6. The second-order valence-electron chi connectivity index (χ2n) is 4.94. The van der Waals surface area contributed by atoms with Gasteiger partial charge in [0.05, 0.1) is 12.8 Å². The number of nitrogens with one attached hydrogen (secondary N) is 1. The molecule has 2 aromatic rings. The van der Waals surface area contributed by atoms with Crippen molar-refractivity contribution in [2.75, 3.05) is 26.5 Å². The lowest BCUT2D eigenvalue weighted by atomic mass is 10.3. The van der Waals surface area contributed by atoms with Gasteiger partial charge in [0, 0.05) is 12.2 Å². The molecule has 0 spiro atoms. The number of aromatic nitrogens is 1. The molecule has 2 rings (SSSR count). The Kier molecular flexibility index (Phi) is 4.93. The molecule has 0 unspecified atom stereocenters. The van der Waals surface area contributed by atoms with Gasteiger partial charge >= 0.3 is 0 Å². The van der Waals surface area contributed by atoms with Gasteiger partial charge in [0.1, 0.15) is 15.6 Å². The summed E-state index contributed by atoms with van der Waals surface area (Å²) in [7, 11) is 5.57. The molecule has 0 radical (unpaired) electrons. The van der Waals surface area contributed by atoms with E-state index in [2.05, 4.69) is 10.3 Å². The number of anilines is 1. The standard InChI is InChI=1S/C15H19N3O2S/c1-10-14(21-13(16-10)9-18(2)3)15(19)17-11-5-7-12(20-4)8-6-11/h5-8H,9H2,1-4H3,(H,17,19). The Bertz CT molecular complexity index is 620. The number of amides is 1. The van der Waals surface area contributed by atoms with Crippen LogP contribution in [-0.2, 0) is 6.54 Å². The number of hydrogen-bond donors (Lipinski definition) is 1. The number of hydrogen-bond acceptors (Lipinski definition) is 5. The maximum Gasteiger partial charge on any atom is 0.267 e. The van der Waals surface area contributed by atoms with Crippen LogP contribution in [0.25, 0.3) is 0 Å². The van der Waals surface area contributed by atoms with E-state index >= 15 is 0 Å². The van der Waals surface area contributed by atoms with Crippen molar-refractivity contribution in [3.8, 4) is 5.75 Å². The largest absolute Gasteiger partial charge is 0.497 e. The van der Waals surface area contributed by atoms with Crippen molar-refractivity contribution in [3.05, 3.63) is 39.8 Å². The van der Waals surface area contributed by atoms with Crippen LogP contribution in [0.1, 0.15) is 20.4 Å². The van der Waals surface area contributed by atoms with Gasteiger partial charge < -0.3 is 15.0 Å². The molecule has 5 nitrogen and oxygen atoms in total. The molecule has 1 heterocycles. The summed E-state index contributed by atoms with van der Waals surface area (Å²) in [6, 6.07) is 7.25. The molecular weight excluding hydrogens is 286 g/mol. The van der Waals surface area contributed by atoms with Crippen molar-refractivity contribution in [2.24, 2.45) is 0 Å². The van der Waals surface area contributed by atoms with Gasteiger partial charge in [-0.25, -0.2) is 4.98 Å². The zero-order valence-corrected chi connectivity index (χ0v) is 13.5. The molecule has 0 atom stereocenters. The fourth-order valence-electron chi connectivity index (χ4n) is 1.86.